The molecule has 22 heavy (non-hydrogen) atoms. The molecule has 0 unspecified atom stereocenters. The molecule has 1 saturated heterocycles. The average molecular weight is 313 g/mol. The molecule has 1 aromatic rings. The van der Waals surface area contributed by atoms with E-state index in [2.05, 4.69) is 0 Å². The molecule has 1 heterocycles. The summed E-state index contributed by atoms with van der Waals surface area (Å²) in [4.78, 5) is 24.5. The highest BCUT2D eigenvalue weighted by molar-refractivity contribution is 6.02. The van der Waals surface area contributed by atoms with Gasteiger partial charge in [-0.15, -0.1) is 0 Å². The number of hydrogen-bond donors (Lipinski definition) is 0. The number of imide groups is 1. The summed E-state index contributed by atoms with van der Waals surface area (Å²) in [5.74, 6) is -0.718. The van der Waals surface area contributed by atoms with Crippen LogP contribution in [-0.2, 0) is 15.7 Å². The normalized spacial score (nSPS) is 17.9. The van der Waals surface area contributed by atoms with Crippen molar-refractivity contribution in [1.29, 1.82) is 0 Å². The van der Waals surface area contributed by atoms with Crippen LogP contribution in [0.4, 0.5) is 18.0 Å². The molecule has 1 aliphatic heterocycles. The van der Waals surface area contributed by atoms with Crippen molar-refractivity contribution in [3.63, 3.8) is 0 Å². The third-order valence-electron chi connectivity index (χ3n) is 3.23. The monoisotopic (exact) mass is 313 g/mol. The van der Waals surface area contributed by atoms with Gasteiger partial charge < -0.3 is 4.74 Å². The van der Waals surface area contributed by atoms with Gasteiger partial charge in [-0.2, -0.15) is 13.2 Å². The van der Waals surface area contributed by atoms with Crippen LogP contribution in [-0.4, -0.2) is 29.0 Å². The predicted octanol–water partition coefficient (Wildman–Crippen LogP) is 3.48. The van der Waals surface area contributed by atoms with Crippen molar-refractivity contribution < 1.29 is 27.5 Å². The second-order valence-electron chi connectivity index (χ2n) is 5.46. The summed E-state index contributed by atoms with van der Waals surface area (Å²) >= 11 is 0. The van der Waals surface area contributed by atoms with Crippen molar-refractivity contribution in [3.05, 3.63) is 41.5 Å². The second kappa shape index (κ2) is 5.47. The number of amides is 2. The van der Waals surface area contributed by atoms with Gasteiger partial charge in [0.15, 0.2) is 0 Å². The van der Waals surface area contributed by atoms with Crippen molar-refractivity contribution in [1.82, 2.24) is 4.90 Å². The summed E-state index contributed by atoms with van der Waals surface area (Å²) in [6.45, 7) is 3.31. The Hall–Kier alpha value is -2.31. The average Bonchev–Trinajstić information content (AvgIpc) is 2.69. The van der Waals surface area contributed by atoms with Crippen LogP contribution in [0.25, 0.3) is 6.08 Å². The largest absolute Gasteiger partial charge is 0.447 e. The van der Waals surface area contributed by atoms with Crippen molar-refractivity contribution in [3.8, 4) is 0 Å². The molecular formula is C15H14F3NO3. The van der Waals surface area contributed by atoms with Gasteiger partial charge in [0.1, 0.15) is 6.61 Å². The van der Waals surface area contributed by atoms with Gasteiger partial charge in [-0.25, -0.2) is 9.69 Å². The third kappa shape index (κ3) is 3.13. The fourth-order valence-electron chi connectivity index (χ4n) is 2.14. The molecule has 0 spiro atoms. The molecule has 1 fully saturated rings. The molecule has 2 amide bonds. The Balaban J connectivity index is 2.26. The highest BCUT2D eigenvalue weighted by Gasteiger charge is 2.43. The topological polar surface area (TPSA) is 46.6 Å². The van der Waals surface area contributed by atoms with E-state index in [1.807, 2.05) is 0 Å². The lowest BCUT2D eigenvalue weighted by atomic mass is 10.0. The number of cyclic esters (lactones) is 1. The maximum Gasteiger partial charge on any atom is 0.417 e. The van der Waals surface area contributed by atoms with Gasteiger partial charge in [-0.1, -0.05) is 18.2 Å². The Morgan fingerprint density at radius 1 is 1.32 bits per heavy atom. The summed E-state index contributed by atoms with van der Waals surface area (Å²) in [5, 5.41) is 0. The maximum absolute atomic E-state index is 12.9. The number of nitrogens with zero attached hydrogens (tertiary/aromatic N) is 1. The first-order valence-electron chi connectivity index (χ1n) is 6.48. The Labute approximate surface area is 125 Å². The molecule has 0 aliphatic carbocycles. The first-order chi connectivity index (χ1) is 10.1. The number of alkyl halides is 3. The zero-order chi connectivity index (χ0) is 16.5. The number of ether oxygens (including phenoxy) is 1. The smallest absolute Gasteiger partial charge is 0.417 e. The number of hydrogen-bond acceptors (Lipinski definition) is 3. The lowest BCUT2D eigenvalue weighted by Gasteiger charge is -2.24. The molecule has 2 rings (SSSR count). The van der Waals surface area contributed by atoms with E-state index in [4.69, 9.17) is 4.74 Å². The van der Waals surface area contributed by atoms with Gasteiger partial charge >= 0.3 is 12.3 Å². The van der Waals surface area contributed by atoms with Gasteiger partial charge in [0.05, 0.1) is 11.1 Å². The molecular weight excluding hydrogens is 299 g/mol. The van der Waals surface area contributed by atoms with Crippen molar-refractivity contribution in [2.45, 2.75) is 25.6 Å². The van der Waals surface area contributed by atoms with Crippen LogP contribution in [0, 0.1) is 0 Å². The molecule has 1 aromatic carbocycles. The lowest BCUT2D eigenvalue weighted by molar-refractivity contribution is -0.137. The van der Waals surface area contributed by atoms with E-state index < -0.39 is 29.3 Å². The predicted molar refractivity (Wildman–Crippen MR) is 72.8 cm³/mol. The van der Waals surface area contributed by atoms with Crippen molar-refractivity contribution in [2.24, 2.45) is 0 Å². The minimum atomic E-state index is -4.52. The molecule has 0 saturated carbocycles. The van der Waals surface area contributed by atoms with E-state index >= 15 is 0 Å². The van der Waals surface area contributed by atoms with Gasteiger partial charge in [0.2, 0.25) is 0 Å². The first kappa shape index (κ1) is 16.1. The van der Waals surface area contributed by atoms with E-state index in [1.54, 1.807) is 13.8 Å². The Morgan fingerprint density at radius 2 is 1.95 bits per heavy atom. The van der Waals surface area contributed by atoms with E-state index in [9.17, 15) is 22.8 Å². The van der Waals surface area contributed by atoms with E-state index in [0.29, 0.717) is 0 Å². The van der Waals surface area contributed by atoms with Gasteiger partial charge in [0, 0.05) is 6.08 Å². The minimum Gasteiger partial charge on any atom is -0.447 e. The van der Waals surface area contributed by atoms with Crippen LogP contribution in [0.3, 0.4) is 0 Å². The summed E-state index contributed by atoms with van der Waals surface area (Å²) in [6.07, 6.45) is -3.33. The molecule has 0 N–H and O–H groups in total. The fraction of sp³-hybridized carbons (Fsp3) is 0.333. The molecule has 0 bridgehead atoms. The second-order valence-corrected chi connectivity index (χ2v) is 5.46. The molecule has 118 valence electrons. The highest BCUT2D eigenvalue weighted by atomic mass is 19.4. The summed E-state index contributed by atoms with van der Waals surface area (Å²) in [6, 6.07) is 4.88. The summed E-state index contributed by atoms with van der Waals surface area (Å²) in [7, 11) is 0. The molecule has 7 heteroatoms. The third-order valence-corrected chi connectivity index (χ3v) is 3.23. The van der Waals surface area contributed by atoms with Gasteiger partial charge in [-0.3, -0.25) is 4.79 Å². The maximum atomic E-state index is 12.9. The number of rotatable bonds is 2. The Bertz CT molecular complexity index is 635. The van der Waals surface area contributed by atoms with E-state index in [-0.39, 0.29) is 12.2 Å². The van der Waals surface area contributed by atoms with Crippen LogP contribution in [0.1, 0.15) is 25.0 Å². The number of halogens is 3. The molecule has 0 radical (unpaired) electrons. The first-order valence-corrected chi connectivity index (χ1v) is 6.48. The molecule has 0 aromatic heterocycles. The standard InChI is InChI=1S/C15H14F3NO3/c1-14(2)9-22-13(21)19(14)12(20)8-7-10-5-3-4-6-11(10)15(16,17)18/h3-8H,9H2,1-2H3. The SMILES string of the molecule is CC1(C)COC(=O)N1C(=O)C=Cc1ccccc1C(F)(F)F. The lowest BCUT2D eigenvalue weighted by Crippen LogP contribution is -2.45. The Kier molecular flexibility index (Phi) is 4.00. The number of carbonyl (C=O) groups excluding carboxylic acids is 2. The van der Waals surface area contributed by atoms with Crippen LogP contribution >= 0.6 is 0 Å². The quantitative estimate of drug-likeness (QED) is 0.785. The number of benzene rings is 1. The van der Waals surface area contributed by atoms with Gasteiger partial charge in [-0.05, 0) is 31.6 Å². The molecule has 1 aliphatic rings. The Morgan fingerprint density at radius 3 is 2.50 bits per heavy atom. The van der Waals surface area contributed by atoms with Gasteiger partial charge in [0.25, 0.3) is 5.91 Å². The van der Waals surface area contributed by atoms with Crippen molar-refractivity contribution >= 4 is 18.1 Å². The van der Waals surface area contributed by atoms with Crippen molar-refractivity contribution in [2.75, 3.05) is 6.61 Å². The molecule has 4 nitrogen and oxygen atoms in total. The van der Waals surface area contributed by atoms with E-state index in [0.717, 1.165) is 23.1 Å². The summed E-state index contributed by atoms with van der Waals surface area (Å²) < 4.78 is 43.4. The highest BCUT2D eigenvalue weighted by Crippen LogP contribution is 2.32. The van der Waals surface area contributed by atoms with E-state index in [1.165, 1.54) is 18.2 Å². The zero-order valence-electron chi connectivity index (χ0n) is 12.0. The zero-order valence-corrected chi connectivity index (χ0v) is 12.0. The van der Waals surface area contributed by atoms with Crippen LogP contribution in [0.5, 0.6) is 0 Å². The number of carbonyl (C=O) groups is 2. The summed E-state index contributed by atoms with van der Waals surface area (Å²) in [5.41, 5.74) is -1.82. The minimum absolute atomic E-state index is 0.0462. The molecule has 0 atom stereocenters. The van der Waals surface area contributed by atoms with Crippen LogP contribution in [0.15, 0.2) is 30.3 Å². The van der Waals surface area contributed by atoms with Crippen LogP contribution in [0.2, 0.25) is 0 Å². The van der Waals surface area contributed by atoms with Crippen LogP contribution < -0.4 is 0 Å². The fourth-order valence-corrected chi connectivity index (χ4v) is 2.14.